The molecule has 19 heavy (non-hydrogen) atoms. The van der Waals surface area contributed by atoms with Crippen molar-refractivity contribution in [2.24, 2.45) is 5.73 Å². The van der Waals surface area contributed by atoms with Gasteiger partial charge in [0.15, 0.2) is 0 Å². The zero-order chi connectivity index (χ0) is 13.8. The number of halogens is 1. The van der Waals surface area contributed by atoms with Crippen molar-refractivity contribution in [3.8, 4) is 0 Å². The lowest BCUT2D eigenvalue weighted by Crippen LogP contribution is -2.34. The third kappa shape index (κ3) is 3.64. The number of hydrogen-bond acceptors (Lipinski definition) is 2. The predicted molar refractivity (Wildman–Crippen MR) is 84.1 cm³/mol. The summed E-state index contributed by atoms with van der Waals surface area (Å²) in [6, 6.07) is 7.09. The van der Waals surface area contributed by atoms with Gasteiger partial charge in [0.25, 0.3) is 0 Å². The van der Waals surface area contributed by atoms with Crippen LogP contribution in [0.4, 0.5) is 5.69 Å². The van der Waals surface area contributed by atoms with Gasteiger partial charge in [-0.25, -0.2) is 0 Å². The topological polar surface area (TPSA) is 29.3 Å². The molecule has 0 aromatic heterocycles. The summed E-state index contributed by atoms with van der Waals surface area (Å²) in [5.41, 5.74) is 8.59. The fourth-order valence-corrected chi connectivity index (χ4v) is 3.33. The van der Waals surface area contributed by atoms with Crippen molar-refractivity contribution in [3.05, 3.63) is 28.8 Å². The molecule has 0 radical (unpaired) electrons. The first-order valence-electron chi connectivity index (χ1n) is 7.42. The Kier molecular flexibility index (Phi) is 5.12. The van der Waals surface area contributed by atoms with E-state index in [2.05, 4.69) is 30.9 Å². The van der Waals surface area contributed by atoms with Gasteiger partial charge in [0, 0.05) is 29.3 Å². The molecule has 2 N–H and O–H groups in total. The number of benzene rings is 1. The van der Waals surface area contributed by atoms with Crippen LogP contribution in [-0.2, 0) is 6.42 Å². The highest BCUT2D eigenvalue weighted by molar-refractivity contribution is 6.30. The van der Waals surface area contributed by atoms with E-state index in [9.17, 15) is 0 Å². The lowest BCUT2D eigenvalue weighted by molar-refractivity contribution is 0.614. The Balaban J connectivity index is 2.30. The Morgan fingerprint density at radius 1 is 1.37 bits per heavy atom. The number of nitrogens with zero attached hydrogens (tertiary/aromatic N) is 1. The molecule has 0 aliphatic heterocycles. The summed E-state index contributed by atoms with van der Waals surface area (Å²) in [7, 11) is 0. The van der Waals surface area contributed by atoms with E-state index in [1.807, 2.05) is 6.07 Å². The second kappa shape index (κ2) is 6.62. The monoisotopic (exact) mass is 280 g/mol. The molecule has 0 saturated heterocycles. The van der Waals surface area contributed by atoms with E-state index >= 15 is 0 Å². The molecule has 2 rings (SSSR count). The van der Waals surface area contributed by atoms with E-state index in [1.165, 1.54) is 36.9 Å². The molecule has 1 aliphatic carbocycles. The zero-order valence-electron chi connectivity index (χ0n) is 12.0. The third-order valence-corrected chi connectivity index (χ3v) is 4.24. The van der Waals surface area contributed by atoms with Gasteiger partial charge in [0.2, 0.25) is 0 Å². The minimum atomic E-state index is 0.183. The first kappa shape index (κ1) is 14.7. The average Bonchev–Trinajstić information content (AvgIpc) is 2.87. The van der Waals surface area contributed by atoms with E-state index in [0.29, 0.717) is 6.04 Å². The van der Waals surface area contributed by atoms with Crippen LogP contribution in [0.3, 0.4) is 0 Å². The summed E-state index contributed by atoms with van der Waals surface area (Å²) in [5.74, 6) is 0. The van der Waals surface area contributed by atoms with Crippen LogP contribution in [-0.4, -0.2) is 18.6 Å². The van der Waals surface area contributed by atoms with Gasteiger partial charge in [-0.3, -0.25) is 0 Å². The first-order valence-corrected chi connectivity index (χ1v) is 7.80. The molecule has 1 aromatic rings. The van der Waals surface area contributed by atoms with Gasteiger partial charge in [-0.15, -0.1) is 0 Å². The van der Waals surface area contributed by atoms with Gasteiger partial charge < -0.3 is 10.6 Å². The number of nitrogens with two attached hydrogens (primary N) is 1. The van der Waals surface area contributed by atoms with Gasteiger partial charge in [-0.1, -0.05) is 30.5 Å². The molecule has 1 aliphatic rings. The maximum Gasteiger partial charge on any atom is 0.0426 e. The molecule has 0 amide bonds. The summed E-state index contributed by atoms with van der Waals surface area (Å²) >= 11 is 6.20. The summed E-state index contributed by atoms with van der Waals surface area (Å²) in [5, 5.41) is 0.819. The van der Waals surface area contributed by atoms with Crippen LogP contribution >= 0.6 is 11.6 Å². The number of hydrogen-bond donors (Lipinski definition) is 1. The van der Waals surface area contributed by atoms with E-state index in [4.69, 9.17) is 17.3 Å². The molecule has 1 saturated carbocycles. The molecule has 1 unspecified atom stereocenters. The van der Waals surface area contributed by atoms with Crippen molar-refractivity contribution < 1.29 is 0 Å². The lowest BCUT2D eigenvalue weighted by Gasteiger charge is -2.32. The summed E-state index contributed by atoms with van der Waals surface area (Å²) in [4.78, 5) is 2.52. The number of anilines is 1. The van der Waals surface area contributed by atoms with Gasteiger partial charge in [0.1, 0.15) is 0 Å². The van der Waals surface area contributed by atoms with Crippen molar-refractivity contribution in [2.75, 3.05) is 11.4 Å². The highest BCUT2D eigenvalue weighted by Crippen LogP contribution is 2.32. The summed E-state index contributed by atoms with van der Waals surface area (Å²) < 4.78 is 0. The third-order valence-electron chi connectivity index (χ3n) is 4.00. The van der Waals surface area contributed by atoms with Crippen LogP contribution in [0.25, 0.3) is 0 Å². The molecule has 2 nitrogen and oxygen atoms in total. The molecule has 3 heteroatoms. The average molecular weight is 281 g/mol. The highest BCUT2D eigenvalue weighted by Gasteiger charge is 2.23. The Bertz CT molecular complexity index is 411. The summed E-state index contributed by atoms with van der Waals surface area (Å²) in [6.45, 7) is 5.33. The van der Waals surface area contributed by atoms with Crippen LogP contribution < -0.4 is 10.6 Å². The van der Waals surface area contributed by atoms with Crippen molar-refractivity contribution in [2.45, 2.75) is 58.0 Å². The van der Waals surface area contributed by atoms with E-state index in [-0.39, 0.29) is 6.04 Å². The normalized spacial score (nSPS) is 17.7. The fourth-order valence-electron chi connectivity index (χ4n) is 3.17. The largest absolute Gasteiger partial charge is 0.369 e. The molecule has 0 bridgehead atoms. The fraction of sp³-hybridized carbons (Fsp3) is 0.625. The molecule has 0 spiro atoms. The van der Waals surface area contributed by atoms with Gasteiger partial charge in [-0.2, -0.15) is 0 Å². The minimum Gasteiger partial charge on any atom is -0.369 e. The number of rotatable bonds is 5. The zero-order valence-corrected chi connectivity index (χ0v) is 12.8. The van der Waals surface area contributed by atoms with E-state index in [1.54, 1.807) is 0 Å². The molecule has 106 valence electrons. The van der Waals surface area contributed by atoms with Crippen molar-refractivity contribution in [1.29, 1.82) is 0 Å². The smallest absolute Gasteiger partial charge is 0.0426 e. The molecular formula is C16H25ClN2. The van der Waals surface area contributed by atoms with Crippen molar-refractivity contribution in [3.63, 3.8) is 0 Å². The molecule has 1 atom stereocenters. The standard InChI is InChI=1S/C16H25ClN2/c1-3-19(15-6-4-5-7-15)16-11-14(17)9-8-13(16)10-12(2)18/h8-9,11-12,15H,3-7,10,18H2,1-2H3. The Morgan fingerprint density at radius 2 is 2.05 bits per heavy atom. The lowest BCUT2D eigenvalue weighted by atomic mass is 10.0. The molecule has 0 heterocycles. The minimum absolute atomic E-state index is 0.183. The molecule has 1 aromatic carbocycles. The van der Waals surface area contributed by atoms with Crippen LogP contribution in [0.15, 0.2) is 18.2 Å². The van der Waals surface area contributed by atoms with Crippen molar-refractivity contribution in [1.82, 2.24) is 0 Å². The van der Waals surface area contributed by atoms with Crippen LogP contribution in [0.1, 0.15) is 45.1 Å². The first-order chi connectivity index (χ1) is 9.11. The highest BCUT2D eigenvalue weighted by atomic mass is 35.5. The predicted octanol–water partition coefficient (Wildman–Crippen LogP) is 4.00. The maximum atomic E-state index is 6.20. The van der Waals surface area contributed by atoms with E-state index in [0.717, 1.165) is 18.0 Å². The van der Waals surface area contributed by atoms with Crippen LogP contribution in [0.2, 0.25) is 5.02 Å². The van der Waals surface area contributed by atoms with Gasteiger partial charge in [-0.05, 0) is 50.8 Å². The quantitative estimate of drug-likeness (QED) is 0.883. The Hall–Kier alpha value is -0.730. The van der Waals surface area contributed by atoms with Crippen LogP contribution in [0.5, 0.6) is 0 Å². The Morgan fingerprint density at radius 3 is 2.63 bits per heavy atom. The maximum absolute atomic E-state index is 6.20. The van der Waals surface area contributed by atoms with Gasteiger partial charge >= 0.3 is 0 Å². The summed E-state index contributed by atoms with van der Waals surface area (Å²) in [6.07, 6.45) is 6.22. The molecule has 1 fully saturated rings. The van der Waals surface area contributed by atoms with E-state index < -0.39 is 0 Å². The second-order valence-corrected chi connectivity index (χ2v) is 6.12. The molecular weight excluding hydrogens is 256 g/mol. The van der Waals surface area contributed by atoms with Crippen molar-refractivity contribution >= 4 is 17.3 Å². The van der Waals surface area contributed by atoms with Gasteiger partial charge in [0.05, 0.1) is 0 Å². The SMILES string of the molecule is CCN(c1cc(Cl)ccc1CC(C)N)C1CCCC1. The van der Waals surface area contributed by atoms with Crippen LogP contribution in [0, 0.1) is 0 Å². The Labute approximate surface area is 121 Å². The second-order valence-electron chi connectivity index (χ2n) is 5.68.